The Balaban J connectivity index is 1.18. The highest BCUT2D eigenvalue weighted by molar-refractivity contribution is 6.76. The van der Waals surface area contributed by atoms with Crippen molar-refractivity contribution in [2.24, 2.45) is 5.41 Å². The van der Waals surface area contributed by atoms with Crippen molar-refractivity contribution in [2.75, 3.05) is 38.3 Å². The van der Waals surface area contributed by atoms with Crippen molar-refractivity contribution in [2.45, 2.75) is 83.0 Å². The van der Waals surface area contributed by atoms with Gasteiger partial charge in [0, 0.05) is 39.6 Å². The maximum Gasteiger partial charge on any atom is 0.315 e. The maximum atomic E-state index is 13.3. The van der Waals surface area contributed by atoms with E-state index >= 15 is 0 Å². The van der Waals surface area contributed by atoms with E-state index < -0.39 is 25.0 Å². The fourth-order valence-electron chi connectivity index (χ4n) is 7.65. The maximum absolute atomic E-state index is 13.3. The Labute approximate surface area is 271 Å². The Bertz CT molecular complexity index is 1790. The van der Waals surface area contributed by atoms with Gasteiger partial charge in [-0.05, 0) is 43.5 Å². The molecule has 0 radical (unpaired) electrons. The van der Waals surface area contributed by atoms with E-state index in [2.05, 4.69) is 81.0 Å². The van der Waals surface area contributed by atoms with Gasteiger partial charge in [0.15, 0.2) is 17.3 Å². The van der Waals surface area contributed by atoms with Crippen LogP contribution in [-0.2, 0) is 36.8 Å². The number of hydrogen-bond donors (Lipinski definition) is 0. The Hall–Kier alpha value is -3.61. The van der Waals surface area contributed by atoms with Gasteiger partial charge in [0.1, 0.15) is 23.6 Å². The quantitative estimate of drug-likeness (QED) is 0.134. The zero-order chi connectivity index (χ0) is 32.5. The number of aryl methyl sites for hydroxylation is 2. The van der Waals surface area contributed by atoms with Crippen molar-refractivity contribution in [3.05, 3.63) is 71.2 Å². The topological polar surface area (TPSA) is 109 Å². The number of benzene rings is 1. The van der Waals surface area contributed by atoms with Crippen LogP contribution < -0.4 is 4.90 Å². The van der Waals surface area contributed by atoms with E-state index in [9.17, 15) is 4.79 Å². The Morgan fingerprint density at radius 2 is 1.91 bits per heavy atom. The summed E-state index contributed by atoms with van der Waals surface area (Å²) in [5.74, 6) is 1.01. The molecule has 4 aliphatic rings. The van der Waals surface area contributed by atoms with Crippen LogP contribution in [0.3, 0.4) is 0 Å². The first-order chi connectivity index (χ1) is 21.9. The van der Waals surface area contributed by atoms with E-state index in [1.54, 1.807) is 4.68 Å². The standard InChI is InChI=1S/C34H45N7O4Si/c1-23-17-26(39-14-13-32(3,20-39)25-11-9-8-10-12-25)18-40-29(23)36-30(38-40)34-19-33(21-45-34,31(42)43-4)27(34)28-35-24(2)41(37-28)22-44-15-16-46(5,6)7/h8-12,17-18,27H,13-16,19-22H2,1-7H3/t27?,32-,33?,34?/m0/s1. The summed E-state index contributed by atoms with van der Waals surface area (Å²) in [5.41, 5.74) is 2.55. The fraction of sp³-hybridized carbons (Fsp3) is 0.559. The van der Waals surface area contributed by atoms with E-state index in [1.807, 2.05) is 11.4 Å². The molecule has 3 unspecified atom stereocenters. The Morgan fingerprint density at radius 3 is 2.65 bits per heavy atom. The van der Waals surface area contributed by atoms with E-state index in [0.717, 1.165) is 48.3 Å². The lowest BCUT2D eigenvalue weighted by molar-refractivity contribution is -0.162. The Kier molecular flexibility index (Phi) is 7.41. The van der Waals surface area contributed by atoms with Crippen LogP contribution in [0.4, 0.5) is 5.69 Å². The van der Waals surface area contributed by atoms with Gasteiger partial charge < -0.3 is 19.1 Å². The summed E-state index contributed by atoms with van der Waals surface area (Å²) < 4.78 is 21.4. The molecule has 11 nitrogen and oxygen atoms in total. The minimum atomic E-state index is -1.21. The van der Waals surface area contributed by atoms with Gasteiger partial charge in [-0.2, -0.15) is 5.10 Å². The average molecular weight is 644 g/mol. The average Bonchev–Trinajstić information content (AvgIpc) is 3.83. The second-order valence-electron chi connectivity index (χ2n) is 15.0. The van der Waals surface area contributed by atoms with Crippen LogP contribution in [0.5, 0.6) is 0 Å². The third kappa shape index (κ3) is 4.96. The molecule has 4 fully saturated rings. The molecule has 8 rings (SSSR count). The molecule has 3 aliphatic heterocycles. The lowest BCUT2D eigenvalue weighted by Crippen LogP contribution is -2.56. The highest BCUT2D eigenvalue weighted by Crippen LogP contribution is 2.70. The largest absolute Gasteiger partial charge is 0.469 e. The van der Waals surface area contributed by atoms with Gasteiger partial charge in [-0.3, -0.25) is 4.79 Å². The molecule has 0 N–H and O–H groups in total. The fourth-order valence-corrected chi connectivity index (χ4v) is 8.41. The molecule has 46 heavy (non-hydrogen) atoms. The summed E-state index contributed by atoms with van der Waals surface area (Å²) in [7, 11) is 0.212. The number of nitrogens with zero attached hydrogens (tertiary/aromatic N) is 7. The first-order valence-corrected chi connectivity index (χ1v) is 20.0. The SMILES string of the molecule is COC(=O)C12COC(c3nc4c(C)cc(N5CC[C@](C)(c6ccccc6)C5)cn4n3)(C1)C2c1nc(C)n(COCC[Si](C)(C)C)n1. The van der Waals surface area contributed by atoms with E-state index in [-0.39, 0.29) is 18.0 Å². The van der Waals surface area contributed by atoms with Crippen molar-refractivity contribution >= 4 is 25.4 Å². The van der Waals surface area contributed by atoms with Crippen molar-refractivity contribution in [1.29, 1.82) is 0 Å². The molecule has 0 spiro atoms. The van der Waals surface area contributed by atoms with Crippen LogP contribution in [0, 0.1) is 19.3 Å². The molecule has 4 aromatic rings. The number of hydrogen-bond acceptors (Lipinski definition) is 9. The van der Waals surface area contributed by atoms with E-state index in [0.29, 0.717) is 31.4 Å². The van der Waals surface area contributed by atoms with Crippen molar-refractivity contribution in [3.63, 3.8) is 0 Å². The summed E-state index contributed by atoms with van der Waals surface area (Å²) in [4.78, 5) is 25.6. The number of methoxy groups -OCH3 is 1. The predicted octanol–water partition coefficient (Wildman–Crippen LogP) is 4.99. The van der Waals surface area contributed by atoms with Gasteiger partial charge in [0.05, 0.1) is 31.5 Å². The number of esters is 1. The van der Waals surface area contributed by atoms with Gasteiger partial charge in [-0.1, -0.05) is 56.9 Å². The van der Waals surface area contributed by atoms with Crippen LogP contribution in [-0.4, -0.2) is 76.8 Å². The Morgan fingerprint density at radius 1 is 1.13 bits per heavy atom. The van der Waals surface area contributed by atoms with Crippen molar-refractivity contribution in [3.8, 4) is 0 Å². The van der Waals surface area contributed by atoms with E-state index in [1.165, 1.54) is 12.7 Å². The molecule has 6 heterocycles. The summed E-state index contributed by atoms with van der Waals surface area (Å²) >= 11 is 0. The van der Waals surface area contributed by atoms with Gasteiger partial charge in [-0.25, -0.2) is 19.2 Å². The van der Waals surface area contributed by atoms with Crippen molar-refractivity contribution in [1.82, 2.24) is 29.4 Å². The molecule has 2 bridgehead atoms. The molecular formula is C34H45N7O4Si. The number of anilines is 1. The number of fused-ring (bicyclic) bond motifs is 2. The van der Waals surface area contributed by atoms with Gasteiger partial charge in [0.2, 0.25) is 0 Å². The van der Waals surface area contributed by atoms with Crippen LogP contribution in [0.2, 0.25) is 25.7 Å². The van der Waals surface area contributed by atoms with Crippen molar-refractivity contribution < 1.29 is 19.0 Å². The summed E-state index contributed by atoms with van der Waals surface area (Å²) in [6, 6.07) is 14.0. The molecule has 1 saturated carbocycles. The molecule has 0 amide bonds. The first-order valence-electron chi connectivity index (χ1n) is 16.3. The molecule has 4 atom stereocenters. The van der Waals surface area contributed by atoms with Crippen LogP contribution in [0.25, 0.3) is 5.65 Å². The summed E-state index contributed by atoms with van der Waals surface area (Å²) in [5, 5.41) is 9.87. The summed E-state index contributed by atoms with van der Waals surface area (Å²) in [6.07, 6.45) is 3.56. The monoisotopic (exact) mass is 643 g/mol. The van der Waals surface area contributed by atoms with Gasteiger partial charge >= 0.3 is 5.97 Å². The van der Waals surface area contributed by atoms with Crippen LogP contribution in [0.1, 0.15) is 54.3 Å². The molecule has 3 saturated heterocycles. The molecule has 244 valence electrons. The zero-order valence-electron chi connectivity index (χ0n) is 28.0. The number of pyridine rings is 1. The van der Waals surface area contributed by atoms with E-state index in [4.69, 9.17) is 34.4 Å². The highest BCUT2D eigenvalue weighted by Gasteiger charge is 2.78. The number of carbonyl (C=O) groups excluding carboxylic acids is 1. The summed E-state index contributed by atoms with van der Waals surface area (Å²) in [6.45, 7) is 16.4. The first kappa shape index (κ1) is 31.0. The highest BCUT2D eigenvalue weighted by atomic mass is 28.3. The third-order valence-corrected chi connectivity index (χ3v) is 12.1. The molecule has 1 aromatic carbocycles. The molecule has 1 aliphatic carbocycles. The number of rotatable bonds is 10. The zero-order valence-corrected chi connectivity index (χ0v) is 29.0. The van der Waals surface area contributed by atoms with Crippen LogP contribution in [0.15, 0.2) is 42.6 Å². The predicted molar refractivity (Wildman–Crippen MR) is 177 cm³/mol. The lowest BCUT2D eigenvalue weighted by Gasteiger charge is -2.47. The van der Waals surface area contributed by atoms with Gasteiger partial charge in [-0.15, -0.1) is 5.10 Å². The molecule has 12 heteroatoms. The second kappa shape index (κ2) is 11.0. The molecule has 3 aromatic heterocycles. The molecular weight excluding hydrogens is 599 g/mol. The normalized spacial score (nSPS) is 27.4. The lowest BCUT2D eigenvalue weighted by atomic mass is 9.53. The number of ether oxygens (including phenoxy) is 3. The third-order valence-electron chi connectivity index (χ3n) is 10.4. The second-order valence-corrected chi connectivity index (χ2v) is 20.6. The minimum Gasteiger partial charge on any atom is -0.469 e. The number of carbonyl (C=O) groups is 1. The van der Waals surface area contributed by atoms with Crippen LogP contribution >= 0.6 is 0 Å². The number of aromatic nitrogens is 6. The van der Waals surface area contributed by atoms with Gasteiger partial charge in [0.25, 0.3) is 0 Å². The smallest absolute Gasteiger partial charge is 0.315 e. The minimum absolute atomic E-state index is 0.0819.